The average molecular weight is 304 g/mol. The number of nitrogens with two attached hydrogens (primary N) is 1. The predicted molar refractivity (Wildman–Crippen MR) is 78.0 cm³/mol. The summed E-state index contributed by atoms with van der Waals surface area (Å²) in [4.78, 5) is 18.3. The lowest BCUT2D eigenvalue weighted by molar-refractivity contribution is 0.0673. The molecule has 1 aliphatic rings. The van der Waals surface area contributed by atoms with Crippen molar-refractivity contribution in [3.63, 3.8) is 0 Å². The Hall–Kier alpha value is -2.22. The minimum absolute atomic E-state index is 0.126. The Kier molecular flexibility index (Phi) is 3.69. The molecule has 0 aliphatic carbocycles. The Balaban J connectivity index is 1.84. The van der Waals surface area contributed by atoms with Crippen LogP contribution in [-0.2, 0) is 13.1 Å². The summed E-state index contributed by atoms with van der Waals surface area (Å²) >= 11 is 0. The molecule has 0 aromatic carbocycles. The molecule has 8 nitrogen and oxygen atoms in total. The van der Waals surface area contributed by atoms with Gasteiger partial charge in [-0.1, -0.05) is 13.8 Å². The lowest BCUT2D eigenvalue weighted by Gasteiger charge is -2.32. The zero-order valence-electron chi connectivity index (χ0n) is 13.0. The molecule has 2 N–H and O–H groups in total. The molecule has 2 aromatic rings. The summed E-state index contributed by atoms with van der Waals surface area (Å²) in [6.45, 7) is 7.43. The number of hydrogen-bond donors (Lipinski definition) is 1. The molecule has 22 heavy (non-hydrogen) atoms. The maximum absolute atomic E-state index is 12.5. The minimum atomic E-state index is -0.171. The highest BCUT2D eigenvalue weighted by Gasteiger charge is 2.31. The standard InChI is InChI=1S/C14H20N6O2/c1-8(2)13-18-17-11-6-19(5-9(3)20(11)13)14(21)10-7-22-12(4-15)16-10/h7-9H,4-6,15H2,1-3H3/t9-/m0/s1. The van der Waals surface area contributed by atoms with E-state index in [4.69, 9.17) is 10.2 Å². The fourth-order valence-electron chi connectivity index (χ4n) is 2.77. The van der Waals surface area contributed by atoms with Crippen molar-refractivity contribution in [2.24, 2.45) is 5.73 Å². The van der Waals surface area contributed by atoms with Gasteiger partial charge in [0, 0.05) is 12.5 Å². The molecule has 0 bridgehead atoms. The van der Waals surface area contributed by atoms with E-state index in [1.54, 1.807) is 4.90 Å². The van der Waals surface area contributed by atoms with Gasteiger partial charge in [0.1, 0.15) is 12.1 Å². The molecule has 2 aromatic heterocycles. The molecule has 8 heteroatoms. The second-order valence-electron chi connectivity index (χ2n) is 5.86. The summed E-state index contributed by atoms with van der Waals surface area (Å²) in [6.07, 6.45) is 1.36. The third kappa shape index (κ3) is 2.39. The molecular weight excluding hydrogens is 284 g/mol. The SMILES string of the molecule is CC(C)c1nnc2n1[C@@H](C)CN(C(=O)c1coc(CN)n1)C2. The Morgan fingerprint density at radius 3 is 2.91 bits per heavy atom. The number of amides is 1. The van der Waals surface area contributed by atoms with Gasteiger partial charge < -0.3 is 19.6 Å². The van der Waals surface area contributed by atoms with Gasteiger partial charge in [-0.15, -0.1) is 10.2 Å². The maximum atomic E-state index is 12.5. The predicted octanol–water partition coefficient (Wildman–Crippen LogP) is 1.07. The molecule has 0 saturated heterocycles. The molecule has 3 rings (SSSR count). The lowest BCUT2D eigenvalue weighted by Crippen LogP contribution is -2.41. The van der Waals surface area contributed by atoms with Crippen LogP contribution in [0.25, 0.3) is 0 Å². The highest BCUT2D eigenvalue weighted by Crippen LogP contribution is 2.25. The summed E-state index contributed by atoms with van der Waals surface area (Å²) in [5.41, 5.74) is 5.74. The molecule has 0 spiro atoms. The molecule has 1 aliphatic heterocycles. The molecule has 3 heterocycles. The summed E-state index contributed by atoms with van der Waals surface area (Å²) in [5.74, 6) is 2.25. The first kappa shape index (κ1) is 14.7. The highest BCUT2D eigenvalue weighted by molar-refractivity contribution is 5.92. The normalized spacial score (nSPS) is 17.9. The third-order valence-corrected chi connectivity index (χ3v) is 3.80. The van der Waals surface area contributed by atoms with Crippen molar-refractivity contribution < 1.29 is 9.21 Å². The van der Waals surface area contributed by atoms with E-state index in [2.05, 4.69) is 40.5 Å². The van der Waals surface area contributed by atoms with E-state index in [0.717, 1.165) is 11.6 Å². The van der Waals surface area contributed by atoms with Gasteiger partial charge in [-0.2, -0.15) is 0 Å². The van der Waals surface area contributed by atoms with Gasteiger partial charge >= 0.3 is 0 Å². The van der Waals surface area contributed by atoms with Crippen LogP contribution in [0, 0.1) is 0 Å². The molecule has 0 fully saturated rings. The number of carbonyl (C=O) groups excluding carboxylic acids is 1. The van der Waals surface area contributed by atoms with Crippen LogP contribution in [-0.4, -0.2) is 37.1 Å². The monoisotopic (exact) mass is 304 g/mol. The number of fused-ring (bicyclic) bond motifs is 1. The van der Waals surface area contributed by atoms with Crippen molar-refractivity contribution in [2.45, 2.75) is 45.8 Å². The van der Waals surface area contributed by atoms with Gasteiger partial charge in [0.25, 0.3) is 5.91 Å². The van der Waals surface area contributed by atoms with Crippen molar-refractivity contribution in [2.75, 3.05) is 6.54 Å². The first-order valence-electron chi connectivity index (χ1n) is 7.38. The van der Waals surface area contributed by atoms with Crippen molar-refractivity contribution in [1.82, 2.24) is 24.6 Å². The van der Waals surface area contributed by atoms with E-state index in [-0.39, 0.29) is 24.2 Å². The lowest BCUT2D eigenvalue weighted by atomic mass is 10.1. The van der Waals surface area contributed by atoms with Crippen LogP contribution in [0.4, 0.5) is 0 Å². The van der Waals surface area contributed by atoms with Crippen molar-refractivity contribution >= 4 is 5.91 Å². The molecule has 1 amide bonds. The van der Waals surface area contributed by atoms with Crippen LogP contribution in [0.1, 0.15) is 60.8 Å². The second-order valence-corrected chi connectivity index (χ2v) is 5.86. The van der Waals surface area contributed by atoms with Gasteiger partial charge in [0.05, 0.1) is 19.1 Å². The van der Waals surface area contributed by atoms with Gasteiger partial charge in [0.2, 0.25) is 5.89 Å². The van der Waals surface area contributed by atoms with E-state index in [1.807, 2.05) is 0 Å². The minimum Gasteiger partial charge on any atom is -0.447 e. The molecule has 0 saturated carbocycles. The van der Waals surface area contributed by atoms with Gasteiger partial charge in [-0.3, -0.25) is 4.79 Å². The number of nitrogens with zero attached hydrogens (tertiary/aromatic N) is 5. The highest BCUT2D eigenvalue weighted by atomic mass is 16.3. The molecule has 0 radical (unpaired) electrons. The zero-order chi connectivity index (χ0) is 15.9. The third-order valence-electron chi connectivity index (χ3n) is 3.80. The van der Waals surface area contributed by atoms with Crippen LogP contribution in [0.2, 0.25) is 0 Å². The van der Waals surface area contributed by atoms with E-state index in [1.165, 1.54) is 6.26 Å². The number of oxazole rings is 1. The van der Waals surface area contributed by atoms with Crippen molar-refractivity contribution in [3.05, 3.63) is 29.5 Å². The van der Waals surface area contributed by atoms with Crippen LogP contribution in [0.5, 0.6) is 0 Å². The van der Waals surface area contributed by atoms with Crippen LogP contribution in [0.15, 0.2) is 10.7 Å². The number of carbonyl (C=O) groups is 1. The Morgan fingerprint density at radius 1 is 1.50 bits per heavy atom. The second kappa shape index (κ2) is 5.53. The molecule has 118 valence electrons. The first-order valence-corrected chi connectivity index (χ1v) is 7.38. The Bertz CT molecular complexity index is 689. The van der Waals surface area contributed by atoms with Crippen LogP contribution < -0.4 is 5.73 Å². The fraction of sp³-hybridized carbons (Fsp3) is 0.571. The number of hydrogen-bond acceptors (Lipinski definition) is 6. The van der Waals surface area contributed by atoms with Crippen molar-refractivity contribution in [1.29, 1.82) is 0 Å². The van der Waals surface area contributed by atoms with Gasteiger partial charge in [0.15, 0.2) is 11.5 Å². The zero-order valence-corrected chi connectivity index (χ0v) is 13.0. The van der Waals surface area contributed by atoms with Crippen LogP contribution in [0.3, 0.4) is 0 Å². The first-order chi connectivity index (χ1) is 10.5. The van der Waals surface area contributed by atoms with E-state index < -0.39 is 0 Å². The van der Waals surface area contributed by atoms with E-state index >= 15 is 0 Å². The van der Waals surface area contributed by atoms with Gasteiger partial charge in [-0.25, -0.2) is 4.98 Å². The summed E-state index contributed by atoms with van der Waals surface area (Å²) in [6, 6.07) is 0.126. The summed E-state index contributed by atoms with van der Waals surface area (Å²) < 4.78 is 7.27. The molecule has 0 unspecified atom stereocenters. The summed E-state index contributed by atoms with van der Waals surface area (Å²) in [7, 11) is 0. The Morgan fingerprint density at radius 2 is 2.27 bits per heavy atom. The Labute approximate surface area is 128 Å². The topological polar surface area (TPSA) is 103 Å². The number of rotatable bonds is 3. The average Bonchev–Trinajstić information content (AvgIpc) is 3.13. The quantitative estimate of drug-likeness (QED) is 0.909. The molecular formula is C14H20N6O2. The maximum Gasteiger partial charge on any atom is 0.276 e. The van der Waals surface area contributed by atoms with Crippen LogP contribution >= 0.6 is 0 Å². The largest absolute Gasteiger partial charge is 0.447 e. The van der Waals surface area contributed by atoms with Crippen molar-refractivity contribution in [3.8, 4) is 0 Å². The fourth-order valence-corrected chi connectivity index (χ4v) is 2.77. The smallest absolute Gasteiger partial charge is 0.276 e. The number of aromatic nitrogens is 4. The van der Waals surface area contributed by atoms with E-state index in [0.29, 0.717) is 24.9 Å². The van der Waals surface area contributed by atoms with Gasteiger partial charge in [-0.05, 0) is 6.92 Å². The molecule has 1 atom stereocenters. The van der Waals surface area contributed by atoms with E-state index in [9.17, 15) is 4.79 Å². The summed E-state index contributed by atoms with van der Waals surface area (Å²) in [5, 5.41) is 8.49.